The van der Waals surface area contributed by atoms with Crippen LogP contribution in [0.15, 0.2) is 61.2 Å². The van der Waals surface area contributed by atoms with Crippen LogP contribution >= 0.6 is 0 Å². The molecule has 7 nitrogen and oxygen atoms in total. The number of nitrogens with one attached hydrogen (secondary N) is 1. The number of carbonyl (C=O) groups is 1. The average molecular weight is 352 g/mol. The molecule has 1 atom stereocenters. The Morgan fingerprint density at radius 3 is 2.54 bits per heavy atom. The van der Waals surface area contributed by atoms with E-state index in [4.69, 9.17) is 9.47 Å². The van der Waals surface area contributed by atoms with Crippen LogP contribution in [-0.4, -0.2) is 34.4 Å². The first-order chi connectivity index (χ1) is 12.7. The summed E-state index contributed by atoms with van der Waals surface area (Å²) in [6.07, 6.45) is 3.12. The van der Waals surface area contributed by atoms with Crippen molar-refractivity contribution in [2.24, 2.45) is 0 Å². The Morgan fingerprint density at radius 1 is 1.15 bits per heavy atom. The zero-order valence-electron chi connectivity index (χ0n) is 14.6. The molecule has 1 N–H and O–H groups in total. The van der Waals surface area contributed by atoms with Crippen molar-refractivity contribution in [3.8, 4) is 17.2 Å². The Labute approximate surface area is 151 Å². The molecule has 7 heteroatoms. The summed E-state index contributed by atoms with van der Waals surface area (Å²) in [4.78, 5) is 16.1. The third-order valence-electron chi connectivity index (χ3n) is 3.88. The van der Waals surface area contributed by atoms with Crippen LogP contribution in [0.25, 0.3) is 5.69 Å². The van der Waals surface area contributed by atoms with Crippen molar-refractivity contribution in [1.29, 1.82) is 0 Å². The van der Waals surface area contributed by atoms with Crippen LogP contribution in [0.4, 0.5) is 0 Å². The average Bonchev–Trinajstić information content (AvgIpc) is 3.21. The molecule has 0 aliphatic carbocycles. The maximum absolute atomic E-state index is 12.2. The summed E-state index contributed by atoms with van der Waals surface area (Å²) in [6, 6.07) is 14.8. The third kappa shape index (κ3) is 4.18. The number of rotatable bonds is 7. The van der Waals surface area contributed by atoms with Crippen molar-refractivity contribution in [3.63, 3.8) is 0 Å². The molecule has 3 rings (SSSR count). The van der Waals surface area contributed by atoms with Crippen LogP contribution in [-0.2, 0) is 4.79 Å². The number of amides is 1. The predicted octanol–water partition coefficient (Wildman–Crippen LogP) is 2.53. The molecule has 1 amide bonds. The molecule has 0 aliphatic heterocycles. The molecular weight excluding hydrogens is 332 g/mol. The minimum absolute atomic E-state index is 0.0816. The summed E-state index contributed by atoms with van der Waals surface area (Å²) in [7, 11) is 1.56. The normalized spacial score (nSPS) is 11.6. The van der Waals surface area contributed by atoms with Gasteiger partial charge in [0, 0.05) is 0 Å². The molecule has 0 saturated carbocycles. The topological polar surface area (TPSA) is 78.3 Å². The van der Waals surface area contributed by atoms with Gasteiger partial charge in [0.25, 0.3) is 5.91 Å². The van der Waals surface area contributed by atoms with E-state index in [-0.39, 0.29) is 18.6 Å². The molecule has 26 heavy (non-hydrogen) atoms. The van der Waals surface area contributed by atoms with Gasteiger partial charge in [-0.25, -0.2) is 9.67 Å². The number of carbonyl (C=O) groups excluding carboxylic acids is 1. The van der Waals surface area contributed by atoms with E-state index in [0.717, 1.165) is 11.3 Å². The first-order valence-corrected chi connectivity index (χ1v) is 8.17. The summed E-state index contributed by atoms with van der Waals surface area (Å²) >= 11 is 0. The van der Waals surface area contributed by atoms with Gasteiger partial charge in [0.1, 0.15) is 12.7 Å². The molecule has 0 spiro atoms. The second-order valence-electron chi connectivity index (χ2n) is 5.66. The number of para-hydroxylation sites is 2. The lowest BCUT2D eigenvalue weighted by molar-refractivity contribution is -0.123. The van der Waals surface area contributed by atoms with Gasteiger partial charge in [-0.1, -0.05) is 24.3 Å². The number of hydrogen-bond acceptors (Lipinski definition) is 5. The van der Waals surface area contributed by atoms with E-state index in [2.05, 4.69) is 15.4 Å². The van der Waals surface area contributed by atoms with Crippen LogP contribution in [0.2, 0.25) is 0 Å². The Kier molecular flexibility index (Phi) is 5.48. The molecule has 3 aromatic rings. The van der Waals surface area contributed by atoms with Crippen molar-refractivity contribution in [3.05, 3.63) is 66.7 Å². The monoisotopic (exact) mass is 352 g/mol. The lowest BCUT2D eigenvalue weighted by atomic mass is 10.1. The maximum atomic E-state index is 12.2. The number of benzene rings is 2. The molecule has 1 aromatic heterocycles. The van der Waals surface area contributed by atoms with Gasteiger partial charge in [0.2, 0.25) is 0 Å². The third-order valence-corrected chi connectivity index (χ3v) is 3.88. The second kappa shape index (κ2) is 8.15. The Balaban J connectivity index is 1.55. The number of ether oxygens (including phenoxy) is 2. The highest BCUT2D eigenvalue weighted by atomic mass is 16.5. The van der Waals surface area contributed by atoms with Gasteiger partial charge in [-0.15, -0.1) is 0 Å². The lowest BCUT2D eigenvalue weighted by Crippen LogP contribution is -2.31. The van der Waals surface area contributed by atoms with Crippen LogP contribution in [0.3, 0.4) is 0 Å². The molecule has 2 aromatic carbocycles. The summed E-state index contributed by atoms with van der Waals surface area (Å²) in [5, 5.41) is 7.00. The zero-order chi connectivity index (χ0) is 18.4. The van der Waals surface area contributed by atoms with Crippen LogP contribution < -0.4 is 14.8 Å². The van der Waals surface area contributed by atoms with Crippen molar-refractivity contribution >= 4 is 5.91 Å². The summed E-state index contributed by atoms with van der Waals surface area (Å²) < 4.78 is 12.4. The Bertz CT molecular complexity index is 847. The Morgan fingerprint density at radius 2 is 1.88 bits per heavy atom. The molecule has 0 saturated heterocycles. The first-order valence-electron chi connectivity index (χ1n) is 8.17. The largest absolute Gasteiger partial charge is 0.493 e. The standard InChI is InChI=1S/C19H20N4O3/c1-14(15-7-9-16(10-8-15)23-13-20-12-21-23)22-19(24)11-26-18-6-4-3-5-17(18)25-2/h3-10,12-14H,11H2,1-2H3,(H,22,24)/t14-/m0/s1. The van der Waals surface area contributed by atoms with Gasteiger partial charge in [-0.05, 0) is 36.8 Å². The highest BCUT2D eigenvalue weighted by molar-refractivity contribution is 5.78. The van der Waals surface area contributed by atoms with Crippen LogP contribution in [0.5, 0.6) is 11.5 Å². The van der Waals surface area contributed by atoms with E-state index in [1.807, 2.05) is 43.3 Å². The van der Waals surface area contributed by atoms with Gasteiger partial charge >= 0.3 is 0 Å². The number of hydrogen-bond donors (Lipinski definition) is 1. The minimum Gasteiger partial charge on any atom is -0.493 e. The van der Waals surface area contributed by atoms with Crippen LogP contribution in [0.1, 0.15) is 18.5 Å². The van der Waals surface area contributed by atoms with Gasteiger partial charge in [0.05, 0.1) is 18.8 Å². The lowest BCUT2D eigenvalue weighted by Gasteiger charge is -2.16. The first kappa shape index (κ1) is 17.5. The number of aromatic nitrogens is 3. The molecule has 0 unspecified atom stereocenters. The summed E-state index contributed by atoms with van der Waals surface area (Å²) in [5.74, 6) is 0.927. The molecule has 0 bridgehead atoms. The molecule has 0 aliphatic rings. The van der Waals surface area contributed by atoms with Crippen molar-refractivity contribution in [2.75, 3.05) is 13.7 Å². The van der Waals surface area contributed by atoms with E-state index < -0.39 is 0 Å². The van der Waals surface area contributed by atoms with Gasteiger partial charge < -0.3 is 14.8 Å². The van der Waals surface area contributed by atoms with Gasteiger partial charge in [-0.3, -0.25) is 4.79 Å². The second-order valence-corrected chi connectivity index (χ2v) is 5.66. The van der Waals surface area contributed by atoms with Crippen molar-refractivity contribution in [1.82, 2.24) is 20.1 Å². The zero-order valence-corrected chi connectivity index (χ0v) is 14.6. The van der Waals surface area contributed by atoms with E-state index in [1.165, 1.54) is 6.33 Å². The highest BCUT2D eigenvalue weighted by Gasteiger charge is 2.12. The SMILES string of the molecule is COc1ccccc1OCC(=O)N[C@@H](C)c1ccc(-n2cncn2)cc1. The molecular formula is C19H20N4O3. The van der Waals surface area contributed by atoms with Crippen LogP contribution in [0, 0.1) is 0 Å². The fourth-order valence-electron chi connectivity index (χ4n) is 2.51. The van der Waals surface area contributed by atoms with E-state index in [1.54, 1.807) is 30.3 Å². The smallest absolute Gasteiger partial charge is 0.258 e. The number of nitrogens with zero attached hydrogens (tertiary/aromatic N) is 3. The van der Waals surface area contributed by atoms with Gasteiger partial charge in [-0.2, -0.15) is 5.10 Å². The molecule has 1 heterocycles. The molecule has 134 valence electrons. The quantitative estimate of drug-likeness (QED) is 0.707. The van der Waals surface area contributed by atoms with E-state index >= 15 is 0 Å². The minimum atomic E-state index is -0.205. The predicted molar refractivity (Wildman–Crippen MR) is 96.4 cm³/mol. The molecule has 0 fully saturated rings. The maximum Gasteiger partial charge on any atom is 0.258 e. The number of methoxy groups -OCH3 is 1. The highest BCUT2D eigenvalue weighted by Crippen LogP contribution is 2.25. The Hall–Kier alpha value is -3.35. The van der Waals surface area contributed by atoms with E-state index in [9.17, 15) is 4.79 Å². The summed E-state index contributed by atoms with van der Waals surface area (Å²) in [6.45, 7) is 1.84. The molecule has 0 radical (unpaired) electrons. The van der Waals surface area contributed by atoms with E-state index in [0.29, 0.717) is 11.5 Å². The summed E-state index contributed by atoms with van der Waals surface area (Å²) in [5.41, 5.74) is 1.89. The fraction of sp³-hybridized carbons (Fsp3) is 0.211. The fourth-order valence-corrected chi connectivity index (χ4v) is 2.51. The van der Waals surface area contributed by atoms with Crippen molar-refractivity contribution < 1.29 is 14.3 Å². The van der Waals surface area contributed by atoms with Gasteiger partial charge in [0.15, 0.2) is 18.1 Å². The van der Waals surface area contributed by atoms with Crippen molar-refractivity contribution in [2.45, 2.75) is 13.0 Å².